The highest BCUT2D eigenvalue weighted by Gasteiger charge is 2.09. The van der Waals surface area contributed by atoms with Gasteiger partial charge in [0.1, 0.15) is 0 Å². The molecule has 0 saturated heterocycles. The first-order valence-corrected chi connectivity index (χ1v) is 8.89. The van der Waals surface area contributed by atoms with E-state index < -0.39 is 0 Å². The van der Waals surface area contributed by atoms with Gasteiger partial charge in [0, 0.05) is 13.0 Å². The quantitative estimate of drug-likeness (QED) is 0.759. The van der Waals surface area contributed by atoms with Gasteiger partial charge in [-0.25, -0.2) is 0 Å². The molecule has 0 spiro atoms. The smallest absolute Gasteiger partial charge is 0.220 e. The summed E-state index contributed by atoms with van der Waals surface area (Å²) in [6.07, 6.45) is 1.58. The second-order valence-corrected chi connectivity index (χ2v) is 7.05. The Kier molecular flexibility index (Phi) is 6.20. The highest BCUT2D eigenvalue weighted by molar-refractivity contribution is 7.08. The maximum atomic E-state index is 11.8. The second-order valence-electron chi connectivity index (χ2n) is 6.27. The van der Waals surface area contributed by atoms with E-state index in [-0.39, 0.29) is 5.91 Å². The Bertz CT molecular complexity index is 572. The van der Waals surface area contributed by atoms with Crippen molar-refractivity contribution in [1.82, 2.24) is 5.32 Å². The molecule has 0 aliphatic heterocycles. The van der Waals surface area contributed by atoms with Crippen LogP contribution in [-0.2, 0) is 4.79 Å². The van der Waals surface area contributed by atoms with Crippen LogP contribution in [0.5, 0.6) is 0 Å². The lowest BCUT2D eigenvalue weighted by Gasteiger charge is -2.14. The highest BCUT2D eigenvalue weighted by Crippen LogP contribution is 2.24. The summed E-state index contributed by atoms with van der Waals surface area (Å²) in [5.74, 6) is 1.07. The Morgan fingerprint density at radius 3 is 2.41 bits per heavy atom. The van der Waals surface area contributed by atoms with E-state index in [4.69, 9.17) is 0 Å². The van der Waals surface area contributed by atoms with Gasteiger partial charge in [0.25, 0.3) is 0 Å². The summed E-state index contributed by atoms with van der Waals surface area (Å²) in [4.78, 5) is 11.8. The molecule has 0 aliphatic carbocycles. The van der Waals surface area contributed by atoms with Gasteiger partial charge in [0.05, 0.1) is 0 Å². The van der Waals surface area contributed by atoms with Gasteiger partial charge in [-0.3, -0.25) is 4.79 Å². The van der Waals surface area contributed by atoms with Crippen molar-refractivity contribution in [2.75, 3.05) is 6.54 Å². The molecule has 2 nitrogen and oxygen atoms in total. The minimum absolute atomic E-state index is 0.162. The van der Waals surface area contributed by atoms with Gasteiger partial charge in [0.15, 0.2) is 0 Å². The van der Waals surface area contributed by atoms with E-state index in [0.29, 0.717) is 24.8 Å². The summed E-state index contributed by atoms with van der Waals surface area (Å²) in [6, 6.07) is 10.8. The number of hydrogen-bond acceptors (Lipinski definition) is 2. The van der Waals surface area contributed by atoms with E-state index in [1.54, 1.807) is 11.3 Å². The van der Waals surface area contributed by atoms with Crippen LogP contribution in [0.2, 0.25) is 0 Å². The normalized spacial score (nSPS) is 12.4. The van der Waals surface area contributed by atoms with Crippen LogP contribution in [-0.4, -0.2) is 12.5 Å². The van der Waals surface area contributed by atoms with Gasteiger partial charge in [-0.15, -0.1) is 0 Å². The lowest BCUT2D eigenvalue weighted by Crippen LogP contribution is -2.27. The van der Waals surface area contributed by atoms with Crippen molar-refractivity contribution in [1.29, 1.82) is 0 Å². The molecule has 118 valence electrons. The molecule has 0 fully saturated rings. The van der Waals surface area contributed by atoms with Crippen LogP contribution < -0.4 is 5.32 Å². The first-order chi connectivity index (χ1) is 10.6. The first-order valence-electron chi connectivity index (χ1n) is 7.95. The molecule has 1 heterocycles. The summed E-state index contributed by atoms with van der Waals surface area (Å²) in [5, 5.41) is 7.30. The number of hydrogen-bond donors (Lipinski definition) is 1. The van der Waals surface area contributed by atoms with Crippen molar-refractivity contribution in [2.24, 2.45) is 5.92 Å². The molecule has 22 heavy (non-hydrogen) atoms. The Hall–Kier alpha value is -1.61. The van der Waals surface area contributed by atoms with Crippen molar-refractivity contribution >= 4 is 17.2 Å². The predicted molar refractivity (Wildman–Crippen MR) is 95.3 cm³/mol. The van der Waals surface area contributed by atoms with E-state index in [9.17, 15) is 4.79 Å². The molecule has 2 rings (SSSR count). The zero-order valence-electron chi connectivity index (χ0n) is 13.6. The molecule has 0 saturated carbocycles. The van der Waals surface area contributed by atoms with Crippen molar-refractivity contribution < 1.29 is 4.79 Å². The second kappa shape index (κ2) is 8.14. The highest BCUT2D eigenvalue weighted by atomic mass is 32.1. The van der Waals surface area contributed by atoms with Crippen LogP contribution in [0, 0.1) is 5.92 Å². The molecule has 1 N–H and O–H groups in total. The summed E-state index contributed by atoms with van der Waals surface area (Å²) in [7, 11) is 0. The van der Waals surface area contributed by atoms with E-state index in [0.717, 1.165) is 6.42 Å². The third-order valence-electron chi connectivity index (χ3n) is 3.89. The lowest BCUT2D eigenvalue weighted by atomic mass is 9.98. The summed E-state index contributed by atoms with van der Waals surface area (Å²) >= 11 is 1.72. The zero-order chi connectivity index (χ0) is 15.9. The molecule has 3 heteroatoms. The average molecular weight is 315 g/mol. The minimum Gasteiger partial charge on any atom is -0.356 e. The van der Waals surface area contributed by atoms with Gasteiger partial charge in [-0.05, 0) is 51.8 Å². The number of thiophene rings is 1. The molecule has 1 aromatic carbocycles. The van der Waals surface area contributed by atoms with Gasteiger partial charge >= 0.3 is 0 Å². The van der Waals surface area contributed by atoms with Crippen LogP contribution in [0.25, 0.3) is 11.1 Å². The summed E-state index contributed by atoms with van der Waals surface area (Å²) in [6.45, 7) is 7.15. The minimum atomic E-state index is 0.162. The maximum absolute atomic E-state index is 11.8. The molecular weight excluding hydrogens is 290 g/mol. The number of nitrogens with one attached hydrogen (secondary N) is 1. The molecule has 0 bridgehead atoms. The number of benzene rings is 1. The molecule has 0 radical (unpaired) electrons. The molecule has 1 unspecified atom stereocenters. The van der Waals surface area contributed by atoms with E-state index in [1.807, 2.05) is 0 Å². The van der Waals surface area contributed by atoms with Gasteiger partial charge in [-0.2, -0.15) is 11.3 Å². The topological polar surface area (TPSA) is 29.1 Å². The Morgan fingerprint density at radius 2 is 1.82 bits per heavy atom. The molecule has 1 amide bonds. The fourth-order valence-electron chi connectivity index (χ4n) is 2.33. The predicted octanol–water partition coefficient (Wildman–Crippen LogP) is 5.07. The number of carbonyl (C=O) groups excluding carboxylic acids is 1. The fourth-order valence-corrected chi connectivity index (χ4v) is 2.99. The third-order valence-corrected chi connectivity index (χ3v) is 4.57. The van der Waals surface area contributed by atoms with Gasteiger partial charge in [0.2, 0.25) is 5.91 Å². The summed E-state index contributed by atoms with van der Waals surface area (Å²) < 4.78 is 0. The van der Waals surface area contributed by atoms with Crippen molar-refractivity contribution in [3.05, 3.63) is 46.7 Å². The molecule has 0 aliphatic rings. The van der Waals surface area contributed by atoms with Crippen LogP contribution in [0.3, 0.4) is 0 Å². The van der Waals surface area contributed by atoms with Crippen LogP contribution in [0.15, 0.2) is 41.1 Å². The van der Waals surface area contributed by atoms with Gasteiger partial charge < -0.3 is 5.32 Å². The number of rotatable bonds is 7. The van der Waals surface area contributed by atoms with E-state index in [2.05, 4.69) is 67.2 Å². The zero-order valence-corrected chi connectivity index (χ0v) is 14.5. The Labute approximate surface area is 137 Å². The van der Waals surface area contributed by atoms with Crippen LogP contribution in [0.4, 0.5) is 0 Å². The van der Waals surface area contributed by atoms with E-state index in [1.165, 1.54) is 16.7 Å². The van der Waals surface area contributed by atoms with Crippen LogP contribution >= 0.6 is 11.3 Å². The molecular formula is C19H25NOS. The number of carbonyl (C=O) groups is 1. The van der Waals surface area contributed by atoms with E-state index >= 15 is 0 Å². The third kappa shape index (κ3) is 4.99. The molecule has 1 atom stereocenters. The Morgan fingerprint density at radius 1 is 1.09 bits per heavy atom. The van der Waals surface area contributed by atoms with Crippen LogP contribution in [0.1, 0.15) is 45.1 Å². The standard InChI is InChI=1S/C19H25NOS/c1-14(2)4-9-19(21)20-12-15(3)16-5-7-17(8-6-16)18-10-11-22-13-18/h5-8,10-11,13-15H,4,9,12H2,1-3H3,(H,20,21). The van der Waals surface area contributed by atoms with Crippen molar-refractivity contribution in [2.45, 2.75) is 39.5 Å². The summed E-state index contributed by atoms with van der Waals surface area (Å²) in [5.41, 5.74) is 3.78. The maximum Gasteiger partial charge on any atom is 0.220 e. The largest absolute Gasteiger partial charge is 0.356 e. The molecule has 1 aromatic heterocycles. The molecule has 2 aromatic rings. The average Bonchev–Trinajstić information content (AvgIpc) is 3.05. The fraction of sp³-hybridized carbons (Fsp3) is 0.421. The SMILES string of the molecule is CC(C)CCC(=O)NCC(C)c1ccc(-c2ccsc2)cc1. The number of amides is 1. The monoisotopic (exact) mass is 315 g/mol. The van der Waals surface area contributed by atoms with Crippen molar-refractivity contribution in [3.8, 4) is 11.1 Å². The van der Waals surface area contributed by atoms with Gasteiger partial charge in [-0.1, -0.05) is 45.0 Å². The Balaban J connectivity index is 1.85. The van der Waals surface area contributed by atoms with Crippen molar-refractivity contribution in [3.63, 3.8) is 0 Å². The first kappa shape index (κ1) is 16.8. The lowest BCUT2D eigenvalue weighted by molar-refractivity contribution is -0.121.